The normalized spacial score (nSPS) is 19.0. The number of benzene rings is 2. The Bertz CT molecular complexity index is 1700. The van der Waals surface area contributed by atoms with Crippen LogP contribution in [-0.2, 0) is 25.7 Å². The van der Waals surface area contributed by atoms with Crippen molar-refractivity contribution in [1.29, 1.82) is 0 Å². The van der Waals surface area contributed by atoms with Gasteiger partial charge >= 0.3 is 16.9 Å². The number of fused-ring (bicyclic) bond motifs is 2. The zero-order valence-corrected chi connectivity index (χ0v) is 24.5. The minimum absolute atomic E-state index is 0.139. The summed E-state index contributed by atoms with van der Waals surface area (Å²) in [7, 11) is 0. The van der Waals surface area contributed by atoms with E-state index in [1.165, 1.54) is 41.0 Å². The van der Waals surface area contributed by atoms with Crippen LogP contribution >= 0.6 is 23.1 Å². The second kappa shape index (κ2) is 11.9. The maximum absolute atomic E-state index is 13.4. The van der Waals surface area contributed by atoms with Gasteiger partial charge in [0, 0.05) is 16.5 Å². The van der Waals surface area contributed by atoms with E-state index in [1.807, 2.05) is 0 Å². The van der Waals surface area contributed by atoms with Crippen LogP contribution in [0.2, 0.25) is 0 Å². The van der Waals surface area contributed by atoms with Crippen LogP contribution in [0.4, 0.5) is 10.5 Å². The van der Waals surface area contributed by atoms with Gasteiger partial charge in [-0.3, -0.25) is 23.7 Å². The summed E-state index contributed by atoms with van der Waals surface area (Å²) in [4.78, 5) is 77.2. The number of aromatic nitrogens is 1. The van der Waals surface area contributed by atoms with E-state index < -0.39 is 58.2 Å². The third-order valence-corrected chi connectivity index (χ3v) is 9.50. The smallest absolute Gasteiger partial charge is 0.338 e. The van der Waals surface area contributed by atoms with E-state index in [0.29, 0.717) is 31.6 Å². The van der Waals surface area contributed by atoms with Crippen molar-refractivity contribution < 1.29 is 38.6 Å². The largest absolute Gasteiger partial charge is 0.504 e. The summed E-state index contributed by atoms with van der Waals surface area (Å²) in [6.07, 6.45) is 0. The van der Waals surface area contributed by atoms with E-state index in [2.05, 4.69) is 5.32 Å². The van der Waals surface area contributed by atoms with Crippen LogP contribution in [0, 0.1) is 5.92 Å². The second-order valence-electron chi connectivity index (χ2n) is 9.52. The first kappa shape index (κ1) is 29.8. The highest BCUT2D eigenvalue weighted by Gasteiger charge is 2.58. The minimum atomic E-state index is -1.21. The number of carbonyl (C=O) groups is 5. The van der Waals surface area contributed by atoms with E-state index >= 15 is 0 Å². The van der Waals surface area contributed by atoms with Crippen LogP contribution in [0.15, 0.2) is 52.3 Å². The van der Waals surface area contributed by atoms with Gasteiger partial charge in [0.25, 0.3) is 5.91 Å². The highest BCUT2D eigenvalue weighted by Crippen LogP contribution is 2.53. The molecule has 0 bridgehead atoms. The Morgan fingerprint density at radius 2 is 1.74 bits per heavy atom. The Morgan fingerprint density at radius 1 is 1.02 bits per heavy atom. The number of aromatic hydroxyl groups is 1. The fraction of sp³-hybridized carbons (Fsp3) is 0.286. The van der Waals surface area contributed by atoms with Gasteiger partial charge in [0.2, 0.25) is 11.8 Å². The molecule has 2 aliphatic rings. The minimum Gasteiger partial charge on any atom is -0.504 e. The number of phenols is 1. The van der Waals surface area contributed by atoms with Crippen LogP contribution in [0.25, 0.3) is 0 Å². The van der Waals surface area contributed by atoms with Crippen molar-refractivity contribution in [2.45, 2.75) is 36.6 Å². The lowest BCUT2D eigenvalue weighted by Gasteiger charge is -2.31. The van der Waals surface area contributed by atoms with Crippen LogP contribution in [-0.4, -0.2) is 62.8 Å². The molecule has 0 saturated carbocycles. The Kier molecular flexibility index (Phi) is 8.28. The highest BCUT2D eigenvalue weighted by molar-refractivity contribution is 8.00. The number of primary amides is 1. The standard InChI is InChI=1S/C28H26N4O9S2/c1-3-40-17-11-14(7-10-16(17)33)19-20-21(24(36)32(23(20)35)27(29)38)42-25-22(19)43-28(39)31(25)12-18(34)30-15-8-5-13(6-9-15)26(37)41-4-2/h5-11,19-21,33H,3-4,12H2,1-2H3,(H2,29,38)(H,30,34)/t19-,20?,21?/m0/s1. The van der Waals surface area contributed by atoms with Crippen molar-refractivity contribution in [2.75, 3.05) is 18.5 Å². The average Bonchev–Trinajstić information content (AvgIpc) is 3.41. The molecular weight excluding hydrogens is 600 g/mol. The number of likely N-dealkylation sites (tertiary alicyclic amines) is 1. The zero-order chi connectivity index (χ0) is 31.0. The average molecular weight is 627 g/mol. The van der Waals surface area contributed by atoms with Gasteiger partial charge in [0.05, 0.1) is 29.7 Å². The summed E-state index contributed by atoms with van der Waals surface area (Å²) in [6, 6.07) is 9.27. The van der Waals surface area contributed by atoms with Gasteiger partial charge in [-0.1, -0.05) is 29.2 Å². The maximum atomic E-state index is 13.4. The Hall–Kier alpha value is -4.63. The third-order valence-electron chi connectivity index (χ3n) is 6.89. The molecule has 2 aliphatic heterocycles. The van der Waals surface area contributed by atoms with Gasteiger partial charge in [-0.15, -0.1) is 0 Å². The van der Waals surface area contributed by atoms with Gasteiger partial charge in [0.1, 0.15) is 11.8 Å². The van der Waals surface area contributed by atoms with Gasteiger partial charge in [-0.25, -0.2) is 9.59 Å². The number of esters is 1. The first-order valence-corrected chi connectivity index (χ1v) is 14.8. The number of nitrogens with one attached hydrogen (secondary N) is 1. The monoisotopic (exact) mass is 626 g/mol. The van der Waals surface area contributed by atoms with Crippen molar-refractivity contribution in [3.8, 4) is 11.5 Å². The number of ether oxygens (including phenoxy) is 2. The molecule has 224 valence electrons. The fourth-order valence-electron chi connectivity index (χ4n) is 5.08. The summed E-state index contributed by atoms with van der Waals surface area (Å²) >= 11 is 1.74. The van der Waals surface area contributed by atoms with Crippen molar-refractivity contribution >= 4 is 58.5 Å². The summed E-state index contributed by atoms with van der Waals surface area (Å²) in [5.74, 6) is -4.62. The number of amides is 5. The predicted octanol–water partition coefficient (Wildman–Crippen LogP) is 2.50. The lowest BCUT2D eigenvalue weighted by atomic mass is 9.83. The molecule has 0 radical (unpaired) electrons. The molecule has 1 aromatic heterocycles. The number of anilines is 1. The molecule has 3 heterocycles. The van der Waals surface area contributed by atoms with E-state index in [1.54, 1.807) is 19.9 Å². The van der Waals surface area contributed by atoms with E-state index in [0.717, 1.165) is 23.1 Å². The Labute approximate surface area is 252 Å². The van der Waals surface area contributed by atoms with Crippen molar-refractivity contribution in [3.05, 3.63) is 68.1 Å². The predicted molar refractivity (Wildman–Crippen MR) is 155 cm³/mol. The van der Waals surface area contributed by atoms with E-state index in [9.17, 15) is 33.9 Å². The quantitative estimate of drug-likeness (QED) is 0.248. The number of nitrogens with zero attached hydrogens (tertiary/aromatic N) is 2. The molecule has 5 rings (SSSR count). The molecule has 15 heteroatoms. The summed E-state index contributed by atoms with van der Waals surface area (Å²) < 4.78 is 11.7. The number of hydrogen-bond donors (Lipinski definition) is 3. The number of hydrogen-bond acceptors (Lipinski definition) is 11. The van der Waals surface area contributed by atoms with Gasteiger partial charge in [-0.05, 0) is 55.8 Å². The topological polar surface area (TPSA) is 187 Å². The van der Waals surface area contributed by atoms with Crippen LogP contribution < -0.4 is 20.7 Å². The third kappa shape index (κ3) is 5.48. The molecule has 43 heavy (non-hydrogen) atoms. The molecule has 5 amide bonds. The summed E-state index contributed by atoms with van der Waals surface area (Å²) in [5.41, 5.74) is 6.51. The zero-order valence-electron chi connectivity index (χ0n) is 22.9. The molecule has 1 fully saturated rings. The molecule has 0 spiro atoms. The van der Waals surface area contributed by atoms with Crippen LogP contribution in [0.1, 0.15) is 40.6 Å². The number of nitrogens with two attached hydrogens (primary N) is 1. The Balaban J connectivity index is 1.50. The molecule has 2 unspecified atom stereocenters. The SMILES string of the molecule is CCOC(=O)c1ccc(NC(=O)Cn2c3c(sc2=O)[C@@H](c2ccc(O)c(OCC)c2)C2C(=O)N(C(N)=O)C(=O)C2S3)cc1. The second-order valence-corrected chi connectivity index (χ2v) is 11.6. The molecule has 1 saturated heterocycles. The van der Waals surface area contributed by atoms with Gasteiger partial charge < -0.3 is 25.6 Å². The number of rotatable bonds is 8. The first-order chi connectivity index (χ1) is 20.5. The lowest BCUT2D eigenvalue weighted by Crippen LogP contribution is -2.41. The molecule has 13 nitrogen and oxygen atoms in total. The maximum Gasteiger partial charge on any atom is 0.338 e. The molecular formula is C28H26N4O9S2. The summed E-state index contributed by atoms with van der Waals surface area (Å²) in [5, 5.41) is 12.1. The molecule has 4 N–H and O–H groups in total. The number of thioether (sulfide) groups is 1. The Morgan fingerprint density at radius 3 is 2.40 bits per heavy atom. The molecule has 3 aromatic rings. The molecule has 0 aliphatic carbocycles. The van der Waals surface area contributed by atoms with E-state index in [-0.39, 0.29) is 24.7 Å². The van der Waals surface area contributed by atoms with Crippen molar-refractivity contribution in [3.63, 3.8) is 0 Å². The number of imide groups is 3. The number of carbonyl (C=O) groups excluding carboxylic acids is 5. The summed E-state index contributed by atoms with van der Waals surface area (Å²) in [6.45, 7) is 3.47. The molecule has 3 atom stereocenters. The van der Waals surface area contributed by atoms with Gasteiger partial charge in [0.15, 0.2) is 11.5 Å². The van der Waals surface area contributed by atoms with Gasteiger partial charge in [-0.2, -0.15) is 4.90 Å². The first-order valence-electron chi connectivity index (χ1n) is 13.2. The number of thiazole rings is 1. The van der Waals surface area contributed by atoms with Crippen LogP contribution in [0.5, 0.6) is 11.5 Å². The highest BCUT2D eigenvalue weighted by atomic mass is 32.2. The van der Waals surface area contributed by atoms with Crippen molar-refractivity contribution in [1.82, 2.24) is 9.47 Å². The molecule has 2 aromatic carbocycles. The fourth-order valence-corrected chi connectivity index (χ4v) is 7.85. The van der Waals surface area contributed by atoms with E-state index in [4.69, 9.17) is 15.2 Å². The number of phenolic OH excluding ortho intramolecular Hbond substituents is 1. The van der Waals surface area contributed by atoms with Crippen molar-refractivity contribution in [2.24, 2.45) is 11.7 Å². The number of urea groups is 1. The lowest BCUT2D eigenvalue weighted by molar-refractivity contribution is -0.135. The van der Waals surface area contributed by atoms with Crippen LogP contribution in [0.3, 0.4) is 0 Å².